The molecule has 0 aliphatic heterocycles. The lowest BCUT2D eigenvalue weighted by atomic mass is 10.0. The Kier molecular flexibility index (Phi) is 5.32. The van der Waals surface area contributed by atoms with Gasteiger partial charge in [-0.2, -0.15) is 0 Å². The SMILES string of the molecule is CC(C)(CCCl)NS(=O)(=O)c1cc(Cl)c(Br)s1. The second kappa shape index (κ2) is 5.75. The van der Waals surface area contributed by atoms with E-state index in [1.54, 1.807) is 13.8 Å². The van der Waals surface area contributed by atoms with Crippen molar-refractivity contribution in [3.05, 3.63) is 14.9 Å². The van der Waals surface area contributed by atoms with E-state index in [4.69, 9.17) is 23.2 Å². The first-order valence-corrected chi connectivity index (χ1v) is 8.73. The van der Waals surface area contributed by atoms with Gasteiger partial charge in [0.15, 0.2) is 0 Å². The molecule has 1 heterocycles. The van der Waals surface area contributed by atoms with Crippen LogP contribution in [0.3, 0.4) is 0 Å². The van der Waals surface area contributed by atoms with Gasteiger partial charge in [0.05, 0.1) is 8.81 Å². The van der Waals surface area contributed by atoms with Crippen molar-refractivity contribution in [2.45, 2.75) is 30.0 Å². The van der Waals surface area contributed by atoms with E-state index in [9.17, 15) is 8.42 Å². The second-order valence-corrected chi connectivity index (χ2v) is 9.18. The number of rotatable bonds is 5. The van der Waals surface area contributed by atoms with Gasteiger partial charge in [-0.15, -0.1) is 22.9 Å². The van der Waals surface area contributed by atoms with Crippen molar-refractivity contribution in [1.82, 2.24) is 4.72 Å². The van der Waals surface area contributed by atoms with Gasteiger partial charge in [-0.25, -0.2) is 13.1 Å². The Morgan fingerprint density at radius 1 is 1.53 bits per heavy atom. The second-order valence-electron chi connectivity index (χ2n) is 4.12. The quantitative estimate of drug-likeness (QED) is 0.788. The Hall–Kier alpha value is 0.670. The maximum atomic E-state index is 12.1. The topological polar surface area (TPSA) is 46.2 Å². The van der Waals surface area contributed by atoms with E-state index in [0.29, 0.717) is 21.1 Å². The molecule has 1 aromatic rings. The molecule has 0 saturated heterocycles. The van der Waals surface area contributed by atoms with Gasteiger partial charge in [0.1, 0.15) is 4.21 Å². The van der Waals surface area contributed by atoms with Gasteiger partial charge in [0.25, 0.3) is 10.0 Å². The van der Waals surface area contributed by atoms with Crippen LogP contribution in [0.25, 0.3) is 0 Å². The van der Waals surface area contributed by atoms with Gasteiger partial charge in [0.2, 0.25) is 0 Å². The highest BCUT2D eigenvalue weighted by atomic mass is 79.9. The molecule has 0 saturated carbocycles. The summed E-state index contributed by atoms with van der Waals surface area (Å²) < 4.78 is 27.5. The molecule has 1 rings (SSSR count). The summed E-state index contributed by atoms with van der Waals surface area (Å²) in [5.74, 6) is 0.393. The molecular weight excluding hydrogens is 369 g/mol. The summed E-state index contributed by atoms with van der Waals surface area (Å²) in [5.41, 5.74) is -0.580. The number of hydrogen-bond donors (Lipinski definition) is 1. The molecule has 0 unspecified atom stereocenters. The molecule has 0 aromatic carbocycles. The van der Waals surface area contributed by atoms with E-state index < -0.39 is 15.6 Å². The Morgan fingerprint density at radius 3 is 2.53 bits per heavy atom. The number of halogens is 3. The van der Waals surface area contributed by atoms with Crippen LogP contribution in [0.4, 0.5) is 0 Å². The van der Waals surface area contributed by atoms with Gasteiger partial charge in [-0.05, 0) is 42.3 Å². The van der Waals surface area contributed by atoms with Crippen molar-refractivity contribution < 1.29 is 8.42 Å². The van der Waals surface area contributed by atoms with Gasteiger partial charge in [-0.1, -0.05) is 11.6 Å². The Morgan fingerprint density at radius 2 is 2.12 bits per heavy atom. The fourth-order valence-corrected chi connectivity index (χ4v) is 5.47. The average Bonchev–Trinajstić information content (AvgIpc) is 2.45. The monoisotopic (exact) mass is 379 g/mol. The molecule has 0 atom stereocenters. The first-order valence-electron chi connectivity index (χ1n) is 4.73. The molecule has 0 aliphatic carbocycles. The van der Waals surface area contributed by atoms with Crippen LogP contribution in [0.15, 0.2) is 14.1 Å². The zero-order chi connectivity index (χ0) is 13.3. The largest absolute Gasteiger partial charge is 0.250 e. The number of nitrogens with one attached hydrogen (secondary N) is 1. The molecule has 98 valence electrons. The summed E-state index contributed by atoms with van der Waals surface area (Å²) in [6, 6.07) is 1.43. The number of sulfonamides is 1. The highest BCUT2D eigenvalue weighted by Crippen LogP contribution is 2.35. The highest BCUT2D eigenvalue weighted by molar-refractivity contribution is 9.11. The minimum atomic E-state index is -3.55. The molecule has 1 aromatic heterocycles. The molecule has 0 fully saturated rings. The average molecular weight is 381 g/mol. The first kappa shape index (κ1) is 15.7. The molecule has 8 heteroatoms. The summed E-state index contributed by atoms with van der Waals surface area (Å²) in [7, 11) is -3.55. The van der Waals surface area contributed by atoms with E-state index in [0.717, 1.165) is 11.3 Å². The molecule has 0 radical (unpaired) electrons. The van der Waals surface area contributed by atoms with Crippen molar-refractivity contribution in [2.75, 3.05) is 5.88 Å². The van der Waals surface area contributed by atoms with Gasteiger partial charge < -0.3 is 0 Å². The van der Waals surface area contributed by atoms with Crippen LogP contribution >= 0.6 is 50.5 Å². The van der Waals surface area contributed by atoms with E-state index in [1.807, 2.05) is 0 Å². The normalized spacial score (nSPS) is 13.0. The lowest BCUT2D eigenvalue weighted by Crippen LogP contribution is -2.43. The smallest absolute Gasteiger partial charge is 0.206 e. The minimum Gasteiger partial charge on any atom is -0.206 e. The van der Waals surface area contributed by atoms with E-state index in [1.165, 1.54) is 6.07 Å². The molecule has 0 aliphatic rings. The zero-order valence-electron chi connectivity index (χ0n) is 9.26. The third-order valence-corrected chi connectivity index (χ3v) is 6.85. The lowest BCUT2D eigenvalue weighted by Gasteiger charge is -2.24. The summed E-state index contributed by atoms with van der Waals surface area (Å²) in [6.07, 6.45) is 0.550. The summed E-state index contributed by atoms with van der Waals surface area (Å²) >= 11 is 15.7. The summed E-state index contributed by atoms with van der Waals surface area (Å²) in [6.45, 7) is 3.58. The summed E-state index contributed by atoms with van der Waals surface area (Å²) in [4.78, 5) is 0. The maximum absolute atomic E-state index is 12.1. The first-order chi connectivity index (χ1) is 7.68. The van der Waals surface area contributed by atoms with Gasteiger partial charge in [-0.3, -0.25) is 0 Å². The van der Waals surface area contributed by atoms with Crippen LogP contribution in [0.5, 0.6) is 0 Å². The fraction of sp³-hybridized carbons (Fsp3) is 0.556. The molecule has 17 heavy (non-hydrogen) atoms. The van der Waals surface area contributed by atoms with Gasteiger partial charge >= 0.3 is 0 Å². The fourth-order valence-electron chi connectivity index (χ4n) is 1.16. The summed E-state index contributed by atoms with van der Waals surface area (Å²) in [5, 5.41) is 0.394. The van der Waals surface area contributed by atoms with Gasteiger partial charge in [0, 0.05) is 11.4 Å². The number of thiophene rings is 1. The van der Waals surface area contributed by atoms with Crippen molar-refractivity contribution >= 4 is 60.5 Å². The van der Waals surface area contributed by atoms with Crippen LogP contribution < -0.4 is 4.72 Å². The van der Waals surface area contributed by atoms with E-state index in [2.05, 4.69) is 20.7 Å². The van der Waals surface area contributed by atoms with Crippen LogP contribution in [0, 0.1) is 0 Å². The predicted octanol–water partition coefficient (Wildman–Crippen LogP) is 3.85. The van der Waals surface area contributed by atoms with E-state index >= 15 is 0 Å². The van der Waals surface area contributed by atoms with Crippen LogP contribution in [-0.4, -0.2) is 19.8 Å². The maximum Gasteiger partial charge on any atom is 0.250 e. The lowest BCUT2D eigenvalue weighted by molar-refractivity contribution is 0.442. The highest BCUT2D eigenvalue weighted by Gasteiger charge is 2.27. The molecule has 1 N–H and O–H groups in total. The number of hydrogen-bond acceptors (Lipinski definition) is 3. The molecular formula is C9H12BrCl2NO2S2. The number of alkyl halides is 1. The Labute approximate surface area is 124 Å². The third-order valence-electron chi connectivity index (χ3n) is 2.02. The third kappa shape index (κ3) is 4.36. The van der Waals surface area contributed by atoms with Crippen LogP contribution in [0.1, 0.15) is 20.3 Å². The van der Waals surface area contributed by atoms with Crippen molar-refractivity contribution in [2.24, 2.45) is 0 Å². The Balaban J connectivity index is 2.97. The van der Waals surface area contributed by atoms with Crippen LogP contribution in [-0.2, 0) is 10.0 Å². The van der Waals surface area contributed by atoms with Crippen molar-refractivity contribution in [1.29, 1.82) is 0 Å². The standard InChI is InChI=1S/C9H12BrCl2NO2S2/c1-9(2,3-4-11)13-17(14,15)7-5-6(12)8(10)16-7/h5,13H,3-4H2,1-2H3. The molecule has 0 amide bonds. The zero-order valence-corrected chi connectivity index (χ0v) is 14.0. The minimum absolute atomic E-state index is 0.192. The Bertz CT molecular complexity index is 480. The van der Waals surface area contributed by atoms with Crippen molar-refractivity contribution in [3.63, 3.8) is 0 Å². The molecule has 3 nitrogen and oxygen atoms in total. The molecule has 0 bridgehead atoms. The van der Waals surface area contributed by atoms with E-state index in [-0.39, 0.29) is 4.21 Å². The molecule has 0 spiro atoms. The van der Waals surface area contributed by atoms with Crippen molar-refractivity contribution in [3.8, 4) is 0 Å². The predicted molar refractivity (Wildman–Crippen MR) is 76.8 cm³/mol. The van der Waals surface area contributed by atoms with Crippen LogP contribution in [0.2, 0.25) is 5.02 Å².